The van der Waals surface area contributed by atoms with Crippen molar-refractivity contribution in [3.05, 3.63) is 29.3 Å². The van der Waals surface area contributed by atoms with E-state index in [1.165, 1.54) is 24.1 Å². The zero-order chi connectivity index (χ0) is 14.5. The molecule has 1 N–H and O–H groups in total. The highest BCUT2D eigenvalue weighted by molar-refractivity contribution is 5.37. The van der Waals surface area contributed by atoms with Crippen molar-refractivity contribution in [2.45, 2.75) is 33.4 Å². The summed E-state index contributed by atoms with van der Waals surface area (Å²) in [4.78, 5) is 2.42. The molecule has 3 heteroatoms. The molecule has 1 aliphatic rings. The lowest BCUT2D eigenvalue weighted by molar-refractivity contribution is 0.300. The van der Waals surface area contributed by atoms with Gasteiger partial charge in [-0.2, -0.15) is 0 Å². The summed E-state index contributed by atoms with van der Waals surface area (Å²) in [6, 6.07) is 6.51. The molecule has 2 unspecified atom stereocenters. The second kappa shape index (κ2) is 7.09. The van der Waals surface area contributed by atoms with Crippen molar-refractivity contribution in [1.29, 1.82) is 0 Å². The van der Waals surface area contributed by atoms with Gasteiger partial charge in [-0.1, -0.05) is 19.9 Å². The molecule has 0 amide bonds. The Balaban J connectivity index is 1.99. The molecule has 1 saturated carbocycles. The fraction of sp³-hybridized carbons (Fsp3) is 0.647. The Kier molecular flexibility index (Phi) is 5.44. The lowest BCUT2D eigenvalue weighted by atomic mass is 10.1. The summed E-state index contributed by atoms with van der Waals surface area (Å²) >= 11 is 0. The fourth-order valence-electron chi connectivity index (χ4n) is 2.74. The molecule has 2 atom stereocenters. The minimum atomic E-state index is 0.899. The number of benzene rings is 1. The molecule has 0 saturated heterocycles. The van der Waals surface area contributed by atoms with E-state index in [1.807, 2.05) is 0 Å². The Morgan fingerprint density at radius 1 is 1.40 bits per heavy atom. The number of nitrogens with one attached hydrogen (secondary N) is 1. The molecule has 2 rings (SSSR count). The maximum atomic E-state index is 5.50. The second-order valence-corrected chi connectivity index (χ2v) is 6.10. The van der Waals surface area contributed by atoms with Crippen LogP contribution in [0.3, 0.4) is 0 Å². The number of rotatable bonds is 8. The quantitative estimate of drug-likeness (QED) is 0.790. The average molecular weight is 276 g/mol. The first kappa shape index (κ1) is 15.3. The number of hydrogen-bond donors (Lipinski definition) is 1. The highest BCUT2D eigenvalue weighted by Gasteiger charge is 2.33. The summed E-state index contributed by atoms with van der Waals surface area (Å²) in [6.45, 7) is 8.57. The van der Waals surface area contributed by atoms with Gasteiger partial charge in [-0.05, 0) is 49.5 Å². The van der Waals surface area contributed by atoms with E-state index in [0.29, 0.717) is 0 Å². The van der Waals surface area contributed by atoms with Crippen LogP contribution in [0.1, 0.15) is 31.4 Å². The van der Waals surface area contributed by atoms with Crippen LogP contribution in [0.2, 0.25) is 0 Å². The summed E-state index contributed by atoms with van der Waals surface area (Å²) in [5, 5.41) is 3.38. The standard InChI is InChI=1S/C17H28N2O/c1-5-18-10-14-6-7-17(20-4)16(9-14)12-19(3)11-15-8-13(15)2/h6-7,9,13,15,18H,5,8,10-12H2,1-4H3. The summed E-state index contributed by atoms with van der Waals surface area (Å²) in [5.41, 5.74) is 2.62. The van der Waals surface area contributed by atoms with E-state index in [1.54, 1.807) is 7.11 Å². The Morgan fingerprint density at radius 2 is 2.15 bits per heavy atom. The zero-order valence-corrected chi connectivity index (χ0v) is 13.3. The molecule has 0 radical (unpaired) electrons. The Morgan fingerprint density at radius 3 is 2.75 bits per heavy atom. The van der Waals surface area contributed by atoms with Crippen LogP contribution in [0.15, 0.2) is 18.2 Å². The van der Waals surface area contributed by atoms with E-state index in [-0.39, 0.29) is 0 Å². The van der Waals surface area contributed by atoms with Gasteiger partial charge in [0.15, 0.2) is 0 Å². The fourth-order valence-corrected chi connectivity index (χ4v) is 2.74. The van der Waals surface area contributed by atoms with Gasteiger partial charge in [-0.3, -0.25) is 0 Å². The van der Waals surface area contributed by atoms with Crippen LogP contribution in [0, 0.1) is 11.8 Å². The van der Waals surface area contributed by atoms with Crippen molar-refractivity contribution in [3.8, 4) is 5.75 Å². The molecule has 0 aliphatic heterocycles. The van der Waals surface area contributed by atoms with Gasteiger partial charge in [0.05, 0.1) is 7.11 Å². The smallest absolute Gasteiger partial charge is 0.123 e. The van der Waals surface area contributed by atoms with Crippen molar-refractivity contribution in [3.63, 3.8) is 0 Å². The van der Waals surface area contributed by atoms with Crippen LogP contribution < -0.4 is 10.1 Å². The number of ether oxygens (including phenoxy) is 1. The highest BCUT2D eigenvalue weighted by atomic mass is 16.5. The predicted octanol–water partition coefficient (Wildman–Crippen LogP) is 2.89. The first-order valence-corrected chi connectivity index (χ1v) is 7.69. The number of methoxy groups -OCH3 is 1. The first-order chi connectivity index (χ1) is 9.63. The van der Waals surface area contributed by atoms with Crippen molar-refractivity contribution < 1.29 is 4.74 Å². The van der Waals surface area contributed by atoms with E-state index in [4.69, 9.17) is 4.74 Å². The van der Waals surface area contributed by atoms with Crippen molar-refractivity contribution >= 4 is 0 Å². The van der Waals surface area contributed by atoms with Gasteiger partial charge in [-0.25, -0.2) is 0 Å². The minimum Gasteiger partial charge on any atom is -0.496 e. The third kappa shape index (κ3) is 4.22. The molecule has 0 aromatic heterocycles. The largest absolute Gasteiger partial charge is 0.496 e. The molecule has 0 heterocycles. The second-order valence-electron chi connectivity index (χ2n) is 6.10. The molecular weight excluding hydrogens is 248 g/mol. The number of hydrogen-bond acceptors (Lipinski definition) is 3. The lowest BCUT2D eigenvalue weighted by Crippen LogP contribution is -2.21. The average Bonchev–Trinajstić information content (AvgIpc) is 3.11. The molecule has 1 aliphatic carbocycles. The summed E-state index contributed by atoms with van der Waals surface area (Å²) in [6.07, 6.45) is 1.39. The minimum absolute atomic E-state index is 0.899. The van der Waals surface area contributed by atoms with Crippen LogP contribution in [-0.2, 0) is 13.1 Å². The van der Waals surface area contributed by atoms with Crippen LogP contribution in [-0.4, -0.2) is 32.1 Å². The van der Waals surface area contributed by atoms with Gasteiger partial charge in [0.25, 0.3) is 0 Å². The van der Waals surface area contributed by atoms with Crippen LogP contribution in [0.5, 0.6) is 5.75 Å². The molecule has 1 fully saturated rings. The molecule has 0 spiro atoms. The van der Waals surface area contributed by atoms with Gasteiger partial charge in [0.1, 0.15) is 5.75 Å². The summed E-state index contributed by atoms with van der Waals surface area (Å²) < 4.78 is 5.50. The van der Waals surface area contributed by atoms with E-state index in [0.717, 1.165) is 37.2 Å². The van der Waals surface area contributed by atoms with Crippen LogP contribution in [0.25, 0.3) is 0 Å². The Labute approximate surface area is 123 Å². The van der Waals surface area contributed by atoms with E-state index in [2.05, 4.69) is 49.3 Å². The van der Waals surface area contributed by atoms with E-state index in [9.17, 15) is 0 Å². The Bertz CT molecular complexity index is 433. The van der Waals surface area contributed by atoms with Gasteiger partial charge in [-0.15, -0.1) is 0 Å². The molecule has 1 aromatic carbocycles. The maximum absolute atomic E-state index is 5.50. The normalized spacial score (nSPS) is 21.2. The molecule has 20 heavy (non-hydrogen) atoms. The van der Waals surface area contributed by atoms with Gasteiger partial charge < -0.3 is 15.0 Å². The lowest BCUT2D eigenvalue weighted by Gasteiger charge is -2.19. The zero-order valence-electron chi connectivity index (χ0n) is 13.3. The van der Waals surface area contributed by atoms with Crippen molar-refractivity contribution in [2.75, 3.05) is 27.2 Å². The van der Waals surface area contributed by atoms with Gasteiger partial charge in [0.2, 0.25) is 0 Å². The van der Waals surface area contributed by atoms with Crippen molar-refractivity contribution in [1.82, 2.24) is 10.2 Å². The topological polar surface area (TPSA) is 24.5 Å². The van der Waals surface area contributed by atoms with E-state index >= 15 is 0 Å². The van der Waals surface area contributed by atoms with Crippen LogP contribution >= 0.6 is 0 Å². The molecule has 112 valence electrons. The molecule has 0 bridgehead atoms. The summed E-state index contributed by atoms with van der Waals surface area (Å²) in [7, 11) is 3.97. The third-order valence-electron chi connectivity index (χ3n) is 4.19. The van der Waals surface area contributed by atoms with Gasteiger partial charge >= 0.3 is 0 Å². The monoisotopic (exact) mass is 276 g/mol. The molecule has 3 nitrogen and oxygen atoms in total. The molecule has 1 aromatic rings. The first-order valence-electron chi connectivity index (χ1n) is 7.69. The van der Waals surface area contributed by atoms with Crippen molar-refractivity contribution in [2.24, 2.45) is 11.8 Å². The highest BCUT2D eigenvalue weighted by Crippen LogP contribution is 2.38. The maximum Gasteiger partial charge on any atom is 0.123 e. The van der Waals surface area contributed by atoms with Crippen LogP contribution in [0.4, 0.5) is 0 Å². The van der Waals surface area contributed by atoms with E-state index < -0.39 is 0 Å². The predicted molar refractivity (Wildman–Crippen MR) is 84.0 cm³/mol. The SMILES string of the molecule is CCNCc1ccc(OC)c(CN(C)CC2CC2C)c1. The Hall–Kier alpha value is -1.06. The summed E-state index contributed by atoms with van der Waals surface area (Å²) in [5.74, 6) is 2.82. The van der Waals surface area contributed by atoms with Gasteiger partial charge in [0, 0.05) is 25.2 Å². The third-order valence-corrected chi connectivity index (χ3v) is 4.19. The molecular formula is C17H28N2O. The number of nitrogens with zero attached hydrogens (tertiary/aromatic N) is 1.